The van der Waals surface area contributed by atoms with Crippen LogP contribution in [0.15, 0.2) is 18.2 Å². The van der Waals surface area contributed by atoms with Crippen molar-refractivity contribution in [1.82, 2.24) is 0 Å². The Hall–Kier alpha value is -1.09. The van der Waals surface area contributed by atoms with Crippen LogP contribution < -0.4 is 10.6 Å². The molecule has 0 aromatic heterocycles. The summed E-state index contributed by atoms with van der Waals surface area (Å²) in [5.74, 6) is 1.28. The van der Waals surface area contributed by atoms with Crippen LogP contribution >= 0.6 is 0 Å². The molecule has 0 aliphatic carbocycles. The van der Waals surface area contributed by atoms with Crippen molar-refractivity contribution in [3.8, 4) is 0 Å². The monoisotopic (exact) mass is 250 g/mol. The molecule has 2 unspecified atom stereocenters. The van der Waals surface area contributed by atoms with E-state index in [-0.39, 0.29) is 5.82 Å². The van der Waals surface area contributed by atoms with Crippen molar-refractivity contribution < 1.29 is 4.39 Å². The summed E-state index contributed by atoms with van der Waals surface area (Å²) in [7, 11) is 0. The number of piperidine rings is 1. The molecular weight excluding hydrogens is 227 g/mol. The molecule has 2 rings (SSSR count). The highest BCUT2D eigenvalue weighted by molar-refractivity contribution is 5.49. The summed E-state index contributed by atoms with van der Waals surface area (Å²) < 4.78 is 13.6. The summed E-state index contributed by atoms with van der Waals surface area (Å²) in [5, 5.41) is 0. The van der Waals surface area contributed by atoms with Crippen LogP contribution in [0.2, 0.25) is 0 Å². The first kappa shape index (κ1) is 13.3. The van der Waals surface area contributed by atoms with Gasteiger partial charge >= 0.3 is 0 Å². The van der Waals surface area contributed by atoms with Gasteiger partial charge in [0.2, 0.25) is 0 Å². The topological polar surface area (TPSA) is 29.3 Å². The maximum absolute atomic E-state index is 13.6. The fraction of sp³-hybridized carbons (Fsp3) is 0.600. The molecular formula is C15H23FN2. The van der Waals surface area contributed by atoms with Gasteiger partial charge in [0, 0.05) is 18.8 Å². The van der Waals surface area contributed by atoms with Crippen LogP contribution in [0.5, 0.6) is 0 Å². The number of benzene rings is 1. The molecule has 0 saturated carbocycles. The van der Waals surface area contributed by atoms with Gasteiger partial charge in [-0.3, -0.25) is 0 Å². The Morgan fingerprint density at radius 1 is 1.28 bits per heavy atom. The zero-order valence-corrected chi connectivity index (χ0v) is 11.3. The van der Waals surface area contributed by atoms with E-state index in [9.17, 15) is 4.39 Å². The van der Waals surface area contributed by atoms with Crippen molar-refractivity contribution in [3.05, 3.63) is 29.6 Å². The van der Waals surface area contributed by atoms with Crippen LogP contribution in [-0.4, -0.2) is 19.6 Å². The quantitative estimate of drug-likeness (QED) is 0.894. The third kappa shape index (κ3) is 3.02. The minimum Gasteiger partial charge on any atom is -0.371 e. The van der Waals surface area contributed by atoms with Crippen LogP contribution in [0.3, 0.4) is 0 Å². The Bertz CT molecular complexity index is 405. The highest BCUT2D eigenvalue weighted by Crippen LogP contribution is 2.28. The number of hydrogen-bond acceptors (Lipinski definition) is 2. The summed E-state index contributed by atoms with van der Waals surface area (Å²) in [5.41, 5.74) is 7.55. The van der Waals surface area contributed by atoms with E-state index in [1.54, 1.807) is 12.1 Å². The lowest BCUT2D eigenvalue weighted by molar-refractivity contribution is 0.324. The zero-order valence-electron chi connectivity index (χ0n) is 11.3. The average molecular weight is 250 g/mol. The lowest BCUT2D eigenvalue weighted by atomic mass is 9.88. The third-order valence-corrected chi connectivity index (χ3v) is 4.07. The van der Waals surface area contributed by atoms with Crippen molar-refractivity contribution >= 4 is 5.69 Å². The van der Waals surface area contributed by atoms with E-state index >= 15 is 0 Å². The molecule has 0 radical (unpaired) electrons. The lowest BCUT2D eigenvalue weighted by Crippen LogP contribution is -2.38. The molecule has 1 aliphatic rings. The summed E-state index contributed by atoms with van der Waals surface area (Å²) in [6.45, 7) is 7.18. The van der Waals surface area contributed by atoms with Gasteiger partial charge in [-0.05, 0) is 55.0 Å². The van der Waals surface area contributed by atoms with Gasteiger partial charge in [0.05, 0.1) is 0 Å². The Labute approximate surface area is 109 Å². The SMILES string of the molecule is CC1CCN(c2cc(F)cc(CCN)c2)CC1C. The maximum Gasteiger partial charge on any atom is 0.125 e. The van der Waals surface area contributed by atoms with Crippen molar-refractivity contribution in [1.29, 1.82) is 0 Å². The van der Waals surface area contributed by atoms with Gasteiger partial charge in [-0.1, -0.05) is 13.8 Å². The first-order chi connectivity index (χ1) is 8.60. The summed E-state index contributed by atoms with van der Waals surface area (Å²) in [6, 6.07) is 5.31. The number of hydrogen-bond donors (Lipinski definition) is 1. The molecule has 1 fully saturated rings. The van der Waals surface area contributed by atoms with Gasteiger partial charge in [-0.25, -0.2) is 4.39 Å². The maximum atomic E-state index is 13.6. The second-order valence-corrected chi connectivity index (χ2v) is 5.55. The summed E-state index contributed by atoms with van der Waals surface area (Å²) >= 11 is 0. The smallest absolute Gasteiger partial charge is 0.125 e. The molecule has 100 valence electrons. The second kappa shape index (κ2) is 5.70. The van der Waals surface area contributed by atoms with Gasteiger partial charge in [0.25, 0.3) is 0 Å². The van der Waals surface area contributed by atoms with Crippen molar-refractivity contribution in [2.45, 2.75) is 26.7 Å². The van der Waals surface area contributed by atoms with Crippen molar-refractivity contribution in [2.24, 2.45) is 17.6 Å². The molecule has 2 N–H and O–H groups in total. The van der Waals surface area contributed by atoms with E-state index in [4.69, 9.17) is 5.73 Å². The molecule has 0 spiro atoms. The van der Waals surface area contributed by atoms with Crippen LogP contribution in [0.1, 0.15) is 25.8 Å². The molecule has 1 saturated heterocycles. The van der Waals surface area contributed by atoms with Crippen molar-refractivity contribution in [3.63, 3.8) is 0 Å². The number of halogens is 1. The highest BCUT2D eigenvalue weighted by atomic mass is 19.1. The summed E-state index contributed by atoms with van der Waals surface area (Å²) in [6.07, 6.45) is 1.93. The van der Waals surface area contributed by atoms with E-state index in [2.05, 4.69) is 24.8 Å². The predicted molar refractivity (Wildman–Crippen MR) is 74.3 cm³/mol. The van der Waals surface area contributed by atoms with Gasteiger partial charge in [0.15, 0.2) is 0 Å². The molecule has 1 aliphatic heterocycles. The first-order valence-corrected chi connectivity index (χ1v) is 6.84. The van der Waals surface area contributed by atoms with E-state index in [0.717, 1.165) is 36.7 Å². The van der Waals surface area contributed by atoms with Crippen LogP contribution in [0, 0.1) is 17.7 Å². The minimum atomic E-state index is -0.151. The molecule has 0 bridgehead atoms. The van der Waals surface area contributed by atoms with E-state index in [1.807, 2.05) is 0 Å². The van der Waals surface area contributed by atoms with E-state index in [0.29, 0.717) is 12.5 Å². The molecule has 2 nitrogen and oxygen atoms in total. The molecule has 1 aromatic carbocycles. The van der Waals surface area contributed by atoms with Gasteiger partial charge < -0.3 is 10.6 Å². The van der Waals surface area contributed by atoms with E-state index in [1.165, 1.54) is 6.42 Å². The highest BCUT2D eigenvalue weighted by Gasteiger charge is 2.23. The van der Waals surface area contributed by atoms with Gasteiger partial charge in [-0.2, -0.15) is 0 Å². The molecule has 3 heteroatoms. The first-order valence-electron chi connectivity index (χ1n) is 6.84. The summed E-state index contributed by atoms with van der Waals surface area (Å²) in [4.78, 5) is 2.30. The van der Waals surface area contributed by atoms with E-state index < -0.39 is 0 Å². The Morgan fingerprint density at radius 3 is 2.72 bits per heavy atom. The van der Waals surface area contributed by atoms with Crippen LogP contribution in [0.4, 0.5) is 10.1 Å². The zero-order chi connectivity index (χ0) is 13.1. The number of nitrogens with two attached hydrogens (primary N) is 1. The van der Waals surface area contributed by atoms with Gasteiger partial charge in [0.1, 0.15) is 5.82 Å². The standard InChI is InChI=1S/C15H23FN2/c1-11-4-6-18(10-12(11)2)15-8-13(3-5-17)7-14(16)9-15/h7-9,11-12H,3-6,10,17H2,1-2H3. The van der Waals surface area contributed by atoms with Gasteiger partial charge in [-0.15, -0.1) is 0 Å². The molecule has 0 amide bonds. The lowest BCUT2D eigenvalue weighted by Gasteiger charge is -2.37. The molecule has 1 aromatic rings. The second-order valence-electron chi connectivity index (χ2n) is 5.55. The number of nitrogens with zero attached hydrogens (tertiary/aromatic N) is 1. The normalized spacial score (nSPS) is 24.3. The largest absolute Gasteiger partial charge is 0.371 e. The number of rotatable bonds is 3. The third-order valence-electron chi connectivity index (χ3n) is 4.07. The molecule has 2 atom stereocenters. The minimum absolute atomic E-state index is 0.151. The fourth-order valence-corrected chi connectivity index (χ4v) is 2.62. The molecule has 1 heterocycles. The van der Waals surface area contributed by atoms with Crippen LogP contribution in [0.25, 0.3) is 0 Å². The predicted octanol–water partition coefficient (Wildman–Crippen LogP) is 2.81. The molecule has 18 heavy (non-hydrogen) atoms. The Kier molecular flexibility index (Phi) is 4.23. The fourth-order valence-electron chi connectivity index (χ4n) is 2.62. The number of anilines is 1. The Morgan fingerprint density at radius 2 is 2.06 bits per heavy atom. The average Bonchev–Trinajstić information content (AvgIpc) is 2.32. The van der Waals surface area contributed by atoms with Crippen LogP contribution in [-0.2, 0) is 6.42 Å². The van der Waals surface area contributed by atoms with Crippen molar-refractivity contribution in [2.75, 3.05) is 24.5 Å². The Balaban J connectivity index is 2.17.